The van der Waals surface area contributed by atoms with Gasteiger partial charge in [0.1, 0.15) is 10.7 Å². The predicted octanol–water partition coefficient (Wildman–Crippen LogP) is 2.69. The Morgan fingerprint density at radius 2 is 2.20 bits per heavy atom. The molecule has 2 rings (SSSR count). The molecule has 0 saturated carbocycles. The average molecular weight is 379 g/mol. The van der Waals surface area contributed by atoms with Gasteiger partial charge in [0, 0.05) is 30.6 Å². The van der Waals surface area contributed by atoms with Gasteiger partial charge < -0.3 is 10.2 Å². The van der Waals surface area contributed by atoms with Crippen molar-refractivity contribution >= 4 is 37.3 Å². The molecule has 0 bridgehead atoms. The van der Waals surface area contributed by atoms with Gasteiger partial charge in [0.25, 0.3) is 0 Å². The summed E-state index contributed by atoms with van der Waals surface area (Å²) in [6, 6.07) is 3.39. The van der Waals surface area contributed by atoms with E-state index < -0.39 is 10.0 Å². The van der Waals surface area contributed by atoms with E-state index in [0.29, 0.717) is 10.3 Å². The molecule has 0 fully saturated rings. The number of sulfonamides is 1. The lowest BCUT2D eigenvalue weighted by atomic mass is 10.3. The van der Waals surface area contributed by atoms with Gasteiger partial charge in [-0.25, -0.2) is 8.42 Å². The van der Waals surface area contributed by atoms with Crippen LogP contribution in [-0.2, 0) is 23.1 Å². The molecule has 0 radical (unpaired) electrons. The highest BCUT2D eigenvalue weighted by Crippen LogP contribution is 2.33. The fraction of sp³-hybridized carbons (Fsp3) is 0.333. The van der Waals surface area contributed by atoms with E-state index in [9.17, 15) is 8.42 Å². The fourth-order valence-corrected chi connectivity index (χ4v) is 5.40. The molecule has 5 nitrogen and oxygen atoms in total. The van der Waals surface area contributed by atoms with Crippen molar-refractivity contribution in [1.29, 1.82) is 0 Å². The number of hydrogen-bond donors (Lipinski definition) is 1. The van der Waals surface area contributed by atoms with Gasteiger partial charge >= 0.3 is 0 Å². The first-order chi connectivity index (χ1) is 9.36. The molecule has 20 heavy (non-hydrogen) atoms. The van der Waals surface area contributed by atoms with E-state index in [1.54, 1.807) is 25.4 Å². The van der Waals surface area contributed by atoms with Crippen LogP contribution in [0, 0.1) is 6.92 Å². The largest absolute Gasteiger partial charge is 0.469 e. The van der Waals surface area contributed by atoms with E-state index in [-0.39, 0.29) is 11.4 Å². The van der Waals surface area contributed by atoms with Gasteiger partial charge in [0.15, 0.2) is 0 Å². The summed E-state index contributed by atoms with van der Waals surface area (Å²) in [4.78, 5) is 1.08. The summed E-state index contributed by atoms with van der Waals surface area (Å²) in [5.41, 5.74) is 6.40. The molecule has 0 aromatic carbocycles. The number of nitrogens with zero attached hydrogens (tertiary/aromatic N) is 1. The molecule has 0 spiro atoms. The second-order valence-electron chi connectivity index (χ2n) is 4.32. The third-order valence-electron chi connectivity index (χ3n) is 2.96. The molecule has 110 valence electrons. The molecule has 0 unspecified atom stereocenters. The van der Waals surface area contributed by atoms with Gasteiger partial charge in [-0.1, -0.05) is 0 Å². The lowest BCUT2D eigenvalue weighted by Crippen LogP contribution is -2.26. The van der Waals surface area contributed by atoms with Crippen molar-refractivity contribution in [2.45, 2.75) is 24.9 Å². The van der Waals surface area contributed by atoms with Crippen LogP contribution in [0.3, 0.4) is 0 Å². The summed E-state index contributed by atoms with van der Waals surface area (Å²) in [6.07, 6.45) is 1.55. The lowest BCUT2D eigenvalue weighted by molar-refractivity contribution is 0.459. The fourth-order valence-electron chi connectivity index (χ4n) is 1.74. The van der Waals surface area contributed by atoms with Crippen LogP contribution >= 0.6 is 27.3 Å². The molecule has 0 aliphatic heterocycles. The van der Waals surface area contributed by atoms with E-state index in [2.05, 4.69) is 15.9 Å². The maximum Gasteiger partial charge on any atom is 0.245 e. The van der Waals surface area contributed by atoms with Gasteiger partial charge in [-0.05, 0) is 35.0 Å². The highest BCUT2D eigenvalue weighted by molar-refractivity contribution is 9.11. The van der Waals surface area contributed by atoms with Crippen molar-refractivity contribution < 1.29 is 12.8 Å². The van der Waals surface area contributed by atoms with E-state index in [4.69, 9.17) is 10.2 Å². The zero-order valence-corrected chi connectivity index (χ0v) is 14.3. The Morgan fingerprint density at radius 1 is 1.50 bits per heavy atom. The molecule has 0 atom stereocenters. The van der Waals surface area contributed by atoms with Crippen molar-refractivity contribution in [2.24, 2.45) is 5.73 Å². The minimum absolute atomic E-state index is 0.256. The van der Waals surface area contributed by atoms with E-state index in [1.165, 1.54) is 15.6 Å². The summed E-state index contributed by atoms with van der Waals surface area (Å²) in [5, 5.41) is 0. The van der Waals surface area contributed by atoms with Crippen LogP contribution in [0.15, 0.2) is 31.5 Å². The van der Waals surface area contributed by atoms with Crippen molar-refractivity contribution in [3.8, 4) is 0 Å². The Balaban J connectivity index is 2.29. The van der Waals surface area contributed by atoms with Crippen LogP contribution in [0.4, 0.5) is 0 Å². The summed E-state index contributed by atoms with van der Waals surface area (Å²) in [6.45, 7) is 2.40. The van der Waals surface area contributed by atoms with Crippen molar-refractivity contribution in [3.63, 3.8) is 0 Å². The molecule has 0 aliphatic carbocycles. The van der Waals surface area contributed by atoms with Crippen molar-refractivity contribution in [3.05, 3.63) is 38.4 Å². The van der Waals surface area contributed by atoms with Gasteiger partial charge in [-0.15, -0.1) is 11.3 Å². The number of nitrogens with two attached hydrogens (primary N) is 1. The summed E-state index contributed by atoms with van der Waals surface area (Å²) in [7, 11) is -2.00. The molecule has 2 heterocycles. The number of rotatable bonds is 5. The van der Waals surface area contributed by atoms with E-state index in [0.717, 1.165) is 16.2 Å². The van der Waals surface area contributed by atoms with Crippen LogP contribution < -0.4 is 5.73 Å². The highest BCUT2D eigenvalue weighted by Gasteiger charge is 2.26. The number of halogens is 1. The number of furan rings is 1. The molecule has 8 heteroatoms. The summed E-state index contributed by atoms with van der Waals surface area (Å²) >= 11 is 4.63. The second kappa shape index (κ2) is 5.98. The Hall–Kier alpha value is -0.670. The first kappa shape index (κ1) is 15.7. The van der Waals surface area contributed by atoms with Crippen LogP contribution in [-0.4, -0.2) is 19.8 Å². The monoisotopic (exact) mass is 378 g/mol. The smallest absolute Gasteiger partial charge is 0.245 e. The SMILES string of the molecule is Cc1occc1CN(C)S(=O)(=O)c1cc(CN)sc1Br. The molecular weight excluding hydrogens is 364 g/mol. The van der Waals surface area contributed by atoms with Gasteiger partial charge in [0.05, 0.1) is 10.0 Å². The third-order valence-corrected chi connectivity index (χ3v) is 7.03. The van der Waals surface area contributed by atoms with Crippen molar-refractivity contribution in [2.75, 3.05) is 7.05 Å². The molecule has 2 aromatic rings. The van der Waals surface area contributed by atoms with Crippen LogP contribution in [0.2, 0.25) is 0 Å². The van der Waals surface area contributed by atoms with Crippen LogP contribution in [0.25, 0.3) is 0 Å². The van der Waals surface area contributed by atoms with Crippen molar-refractivity contribution in [1.82, 2.24) is 4.31 Å². The normalized spacial score (nSPS) is 12.2. The maximum absolute atomic E-state index is 12.6. The Morgan fingerprint density at radius 3 is 2.70 bits per heavy atom. The molecule has 0 amide bonds. The van der Waals surface area contributed by atoms with Gasteiger partial charge in [0.2, 0.25) is 10.0 Å². The summed E-state index contributed by atoms with van der Waals surface area (Å²) in [5.74, 6) is 0.721. The first-order valence-corrected chi connectivity index (χ1v) is 8.88. The molecular formula is C12H15BrN2O3S2. The standard InChI is InChI=1S/C12H15BrN2O3S2/c1-8-9(3-4-18-8)7-15(2)20(16,17)11-5-10(6-14)19-12(11)13/h3-5H,6-7,14H2,1-2H3. The maximum atomic E-state index is 12.6. The topological polar surface area (TPSA) is 76.5 Å². The number of hydrogen-bond acceptors (Lipinski definition) is 5. The molecule has 2 aromatic heterocycles. The zero-order valence-electron chi connectivity index (χ0n) is 11.1. The molecule has 0 saturated heterocycles. The number of aryl methyl sites for hydroxylation is 1. The molecule has 2 N–H and O–H groups in total. The van der Waals surface area contributed by atoms with E-state index in [1.807, 2.05) is 6.92 Å². The average Bonchev–Trinajstić information content (AvgIpc) is 2.96. The quantitative estimate of drug-likeness (QED) is 0.867. The molecule has 0 aliphatic rings. The predicted molar refractivity (Wildman–Crippen MR) is 82.0 cm³/mol. The minimum atomic E-state index is -3.55. The Labute approximate surface area is 130 Å². The second-order valence-corrected chi connectivity index (χ2v) is 8.79. The van der Waals surface area contributed by atoms with Gasteiger partial charge in [-0.3, -0.25) is 0 Å². The van der Waals surface area contributed by atoms with Crippen LogP contribution in [0.5, 0.6) is 0 Å². The Kier molecular flexibility index (Phi) is 4.70. The first-order valence-electron chi connectivity index (χ1n) is 5.84. The highest BCUT2D eigenvalue weighted by atomic mass is 79.9. The summed E-state index contributed by atoms with van der Waals surface area (Å²) < 4.78 is 32.2. The van der Waals surface area contributed by atoms with E-state index >= 15 is 0 Å². The van der Waals surface area contributed by atoms with Crippen LogP contribution in [0.1, 0.15) is 16.2 Å². The Bertz CT molecular complexity index is 706. The lowest BCUT2D eigenvalue weighted by Gasteiger charge is -2.16. The third kappa shape index (κ3) is 2.99. The zero-order chi connectivity index (χ0) is 14.9. The minimum Gasteiger partial charge on any atom is -0.469 e. The van der Waals surface area contributed by atoms with Gasteiger partial charge in [-0.2, -0.15) is 4.31 Å². The number of thiophene rings is 1.